The van der Waals surface area contributed by atoms with Crippen LogP contribution in [0, 0.1) is 6.92 Å². The van der Waals surface area contributed by atoms with Gasteiger partial charge in [-0.25, -0.2) is 4.68 Å². The Kier molecular flexibility index (Phi) is 5.54. The highest BCUT2D eigenvalue weighted by molar-refractivity contribution is 9.10. The molecule has 0 unspecified atom stereocenters. The summed E-state index contributed by atoms with van der Waals surface area (Å²) in [6.07, 6.45) is -1.91. The first-order valence-corrected chi connectivity index (χ1v) is 10.4. The zero-order chi connectivity index (χ0) is 22.3. The minimum Gasteiger partial charge on any atom is -0.363 e. The van der Waals surface area contributed by atoms with Crippen molar-refractivity contribution < 1.29 is 18.0 Å². The van der Waals surface area contributed by atoms with E-state index in [1.54, 1.807) is 42.2 Å². The normalized spacial score (nSPS) is 18.4. The average Bonchev–Trinajstić information content (AvgIpc) is 3.29. The summed E-state index contributed by atoms with van der Waals surface area (Å²) in [5.74, 6) is -0.448. The average molecular weight is 497 g/mol. The summed E-state index contributed by atoms with van der Waals surface area (Å²) in [4.78, 5) is 12.8. The van der Waals surface area contributed by atoms with Crippen LogP contribution in [0.2, 0.25) is 0 Å². The standard InChI is InChI=1S/C20H20BrF3N6O/c1-11-13(9-26-29(11)2)8-25-19(31)15-10-27-30-17(20(22,23)24)7-16(28-18(15)30)12-3-5-14(21)6-4-12/h3-6,9-10,16-17,28H,7-8H2,1-2H3,(H,25,31)/t16-,17+/m0/s1. The van der Waals surface area contributed by atoms with Crippen molar-refractivity contribution in [2.45, 2.75) is 38.1 Å². The molecule has 0 spiro atoms. The maximum absolute atomic E-state index is 13.8. The van der Waals surface area contributed by atoms with Crippen LogP contribution in [0.4, 0.5) is 19.0 Å². The quantitative estimate of drug-likeness (QED) is 0.565. The summed E-state index contributed by atoms with van der Waals surface area (Å²) in [5.41, 5.74) is 2.48. The minimum absolute atomic E-state index is 0.0573. The van der Waals surface area contributed by atoms with E-state index in [2.05, 4.69) is 36.8 Å². The molecule has 0 saturated heterocycles. The number of nitrogens with zero attached hydrogens (tertiary/aromatic N) is 4. The second-order valence-electron chi connectivity index (χ2n) is 7.45. The van der Waals surface area contributed by atoms with E-state index in [-0.39, 0.29) is 24.3 Å². The van der Waals surface area contributed by atoms with E-state index in [0.717, 1.165) is 20.4 Å². The molecule has 11 heteroatoms. The van der Waals surface area contributed by atoms with E-state index in [9.17, 15) is 18.0 Å². The zero-order valence-electron chi connectivity index (χ0n) is 16.7. The van der Waals surface area contributed by atoms with Gasteiger partial charge in [-0.05, 0) is 24.6 Å². The number of aryl methyl sites for hydroxylation is 1. The Labute approximate surface area is 184 Å². The number of amides is 1. The molecular formula is C20H20BrF3N6O. The molecule has 0 radical (unpaired) electrons. The molecule has 164 valence electrons. The molecule has 7 nitrogen and oxygen atoms in total. The molecule has 0 aliphatic carbocycles. The molecule has 2 aromatic heterocycles. The number of aromatic nitrogens is 4. The molecule has 0 saturated carbocycles. The first kappa shape index (κ1) is 21.4. The highest BCUT2D eigenvalue weighted by Crippen LogP contribution is 2.44. The number of hydrogen-bond donors (Lipinski definition) is 2. The van der Waals surface area contributed by atoms with Gasteiger partial charge in [0.15, 0.2) is 6.04 Å². The van der Waals surface area contributed by atoms with Crippen molar-refractivity contribution in [3.63, 3.8) is 0 Å². The van der Waals surface area contributed by atoms with Crippen molar-refractivity contribution in [2.75, 3.05) is 5.32 Å². The number of hydrogen-bond acceptors (Lipinski definition) is 4. The lowest BCUT2D eigenvalue weighted by molar-refractivity contribution is -0.173. The third-order valence-electron chi connectivity index (χ3n) is 5.53. The number of rotatable bonds is 4. The summed E-state index contributed by atoms with van der Waals surface area (Å²) < 4.78 is 44.8. The minimum atomic E-state index is -4.50. The highest BCUT2D eigenvalue weighted by Gasteiger charge is 2.47. The third kappa shape index (κ3) is 4.18. The smallest absolute Gasteiger partial charge is 0.363 e. The van der Waals surface area contributed by atoms with Gasteiger partial charge in [-0.2, -0.15) is 23.4 Å². The lowest BCUT2D eigenvalue weighted by Crippen LogP contribution is -2.36. The second kappa shape index (κ2) is 8.03. The topological polar surface area (TPSA) is 76.8 Å². The van der Waals surface area contributed by atoms with Crippen LogP contribution in [0.25, 0.3) is 0 Å². The molecular weight excluding hydrogens is 477 g/mol. The number of carbonyl (C=O) groups excluding carboxylic acids is 1. The Morgan fingerprint density at radius 3 is 2.58 bits per heavy atom. The molecule has 1 amide bonds. The molecule has 1 aliphatic rings. The summed E-state index contributed by atoms with van der Waals surface area (Å²) in [6.45, 7) is 2.08. The first-order valence-electron chi connectivity index (χ1n) is 9.57. The second-order valence-corrected chi connectivity index (χ2v) is 8.37. The van der Waals surface area contributed by atoms with E-state index in [0.29, 0.717) is 5.56 Å². The lowest BCUT2D eigenvalue weighted by Gasteiger charge is -2.34. The van der Waals surface area contributed by atoms with Crippen molar-refractivity contribution in [1.82, 2.24) is 24.9 Å². The van der Waals surface area contributed by atoms with E-state index < -0.39 is 24.2 Å². The SMILES string of the molecule is Cc1c(CNC(=O)c2cnn3c2N[C@H](c2ccc(Br)cc2)C[C@@H]3C(F)(F)F)cnn1C. The van der Waals surface area contributed by atoms with Crippen molar-refractivity contribution in [1.29, 1.82) is 0 Å². The number of nitrogens with one attached hydrogen (secondary N) is 2. The number of carbonyl (C=O) groups is 1. The fourth-order valence-electron chi connectivity index (χ4n) is 3.63. The molecule has 1 aliphatic heterocycles. The molecule has 3 aromatic rings. The van der Waals surface area contributed by atoms with Crippen LogP contribution in [0.15, 0.2) is 41.1 Å². The number of fused-ring (bicyclic) bond motifs is 1. The Morgan fingerprint density at radius 1 is 1.26 bits per heavy atom. The maximum atomic E-state index is 13.8. The fourth-order valence-corrected chi connectivity index (χ4v) is 3.90. The van der Waals surface area contributed by atoms with Gasteiger partial charge in [0.05, 0.1) is 18.4 Å². The summed E-state index contributed by atoms with van der Waals surface area (Å²) in [6, 6.07) is 4.61. The Hall–Kier alpha value is -2.82. The largest absolute Gasteiger partial charge is 0.410 e. The molecule has 2 N–H and O–H groups in total. The van der Waals surface area contributed by atoms with Gasteiger partial charge in [-0.3, -0.25) is 9.48 Å². The van der Waals surface area contributed by atoms with E-state index in [1.807, 2.05) is 6.92 Å². The molecule has 31 heavy (non-hydrogen) atoms. The molecule has 0 bridgehead atoms. The van der Waals surface area contributed by atoms with Crippen molar-refractivity contribution in [3.8, 4) is 0 Å². The van der Waals surface area contributed by atoms with Gasteiger partial charge in [0.2, 0.25) is 0 Å². The monoisotopic (exact) mass is 496 g/mol. The van der Waals surface area contributed by atoms with E-state index >= 15 is 0 Å². The van der Waals surface area contributed by atoms with Crippen LogP contribution >= 0.6 is 15.9 Å². The van der Waals surface area contributed by atoms with Gasteiger partial charge in [0, 0.05) is 35.7 Å². The summed E-state index contributed by atoms with van der Waals surface area (Å²) >= 11 is 3.33. The molecule has 0 fully saturated rings. The van der Waals surface area contributed by atoms with Crippen LogP contribution in [0.1, 0.15) is 45.7 Å². The van der Waals surface area contributed by atoms with Gasteiger partial charge in [0.1, 0.15) is 11.4 Å². The van der Waals surface area contributed by atoms with Gasteiger partial charge < -0.3 is 10.6 Å². The van der Waals surface area contributed by atoms with Crippen LogP contribution in [0.5, 0.6) is 0 Å². The number of halogens is 4. The van der Waals surface area contributed by atoms with Crippen LogP contribution in [0.3, 0.4) is 0 Å². The predicted molar refractivity (Wildman–Crippen MR) is 112 cm³/mol. The molecule has 2 atom stereocenters. The number of alkyl halides is 3. The zero-order valence-corrected chi connectivity index (χ0v) is 18.3. The van der Waals surface area contributed by atoms with Crippen molar-refractivity contribution in [3.05, 3.63) is 63.5 Å². The molecule has 4 rings (SSSR count). The van der Waals surface area contributed by atoms with Crippen LogP contribution < -0.4 is 10.6 Å². The molecule has 3 heterocycles. The third-order valence-corrected chi connectivity index (χ3v) is 6.06. The van der Waals surface area contributed by atoms with E-state index in [4.69, 9.17) is 0 Å². The summed E-state index contributed by atoms with van der Waals surface area (Å²) in [7, 11) is 1.79. The highest BCUT2D eigenvalue weighted by atomic mass is 79.9. The lowest BCUT2D eigenvalue weighted by atomic mass is 9.96. The Balaban J connectivity index is 1.62. The van der Waals surface area contributed by atoms with Crippen LogP contribution in [-0.4, -0.2) is 31.6 Å². The van der Waals surface area contributed by atoms with Crippen LogP contribution in [-0.2, 0) is 13.6 Å². The van der Waals surface area contributed by atoms with E-state index in [1.165, 1.54) is 6.20 Å². The first-order chi connectivity index (χ1) is 14.6. The number of anilines is 1. The Morgan fingerprint density at radius 2 is 1.97 bits per heavy atom. The number of benzene rings is 1. The van der Waals surface area contributed by atoms with Gasteiger partial charge >= 0.3 is 6.18 Å². The summed E-state index contributed by atoms with van der Waals surface area (Å²) in [5, 5.41) is 13.8. The maximum Gasteiger partial charge on any atom is 0.410 e. The fraction of sp³-hybridized carbons (Fsp3) is 0.350. The van der Waals surface area contributed by atoms with Gasteiger partial charge in [0.25, 0.3) is 5.91 Å². The Bertz CT molecular complexity index is 1110. The van der Waals surface area contributed by atoms with Crippen molar-refractivity contribution in [2.24, 2.45) is 7.05 Å². The van der Waals surface area contributed by atoms with Gasteiger partial charge in [-0.1, -0.05) is 28.1 Å². The van der Waals surface area contributed by atoms with Crippen molar-refractivity contribution >= 4 is 27.7 Å². The molecule has 1 aromatic carbocycles. The predicted octanol–water partition coefficient (Wildman–Crippen LogP) is 4.28. The van der Waals surface area contributed by atoms with Gasteiger partial charge in [-0.15, -0.1) is 0 Å².